The van der Waals surface area contributed by atoms with E-state index in [4.69, 9.17) is 4.52 Å². The molecule has 2 aromatic heterocycles. The summed E-state index contributed by atoms with van der Waals surface area (Å²) >= 11 is 1.71. The Labute approximate surface area is 128 Å². The number of amides is 1. The Balaban J connectivity index is 1.56. The highest BCUT2D eigenvalue weighted by Gasteiger charge is 2.27. The second-order valence-corrected chi connectivity index (χ2v) is 6.46. The number of hydrogen-bond donors (Lipinski definition) is 0. The van der Waals surface area contributed by atoms with Crippen molar-refractivity contribution in [1.29, 1.82) is 0 Å². The number of carbonyl (C=O) groups excluding carboxylic acids is 1. The van der Waals surface area contributed by atoms with E-state index in [1.807, 2.05) is 11.0 Å². The summed E-state index contributed by atoms with van der Waals surface area (Å²) in [6, 6.07) is 4.11. The van der Waals surface area contributed by atoms with E-state index in [1.54, 1.807) is 18.3 Å². The smallest absolute Gasteiger partial charge is 0.223 e. The highest BCUT2D eigenvalue weighted by atomic mass is 32.1. The summed E-state index contributed by atoms with van der Waals surface area (Å²) in [6.07, 6.45) is 3.44. The second kappa shape index (κ2) is 6.39. The van der Waals surface area contributed by atoms with Crippen LogP contribution in [0.25, 0.3) is 0 Å². The maximum Gasteiger partial charge on any atom is 0.223 e. The predicted octanol–water partition coefficient (Wildman–Crippen LogP) is 2.78. The van der Waals surface area contributed by atoms with Gasteiger partial charge in [-0.25, -0.2) is 0 Å². The summed E-state index contributed by atoms with van der Waals surface area (Å²) in [5, 5.41) is 6.05. The lowest BCUT2D eigenvalue weighted by Crippen LogP contribution is -2.39. The molecule has 1 amide bonds. The Hall–Kier alpha value is -1.69. The second-order valence-electron chi connectivity index (χ2n) is 5.43. The van der Waals surface area contributed by atoms with Crippen molar-refractivity contribution in [1.82, 2.24) is 15.0 Å². The molecule has 6 heteroatoms. The molecule has 0 spiro atoms. The quantitative estimate of drug-likeness (QED) is 0.871. The van der Waals surface area contributed by atoms with Gasteiger partial charge in [-0.1, -0.05) is 11.2 Å². The van der Waals surface area contributed by atoms with E-state index >= 15 is 0 Å². The molecule has 112 valence electrons. The Bertz CT molecular complexity index is 594. The molecule has 0 saturated carbocycles. The molecular formula is C15H19N3O2S. The van der Waals surface area contributed by atoms with Crippen molar-refractivity contribution >= 4 is 17.2 Å². The van der Waals surface area contributed by atoms with E-state index in [9.17, 15) is 4.79 Å². The molecular weight excluding hydrogens is 286 g/mol. The van der Waals surface area contributed by atoms with Gasteiger partial charge in [0, 0.05) is 37.2 Å². The third-order valence-electron chi connectivity index (χ3n) is 3.85. The van der Waals surface area contributed by atoms with Crippen LogP contribution in [0.2, 0.25) is 0 Å². The summed E-state index contributed by atoms with van der Waals surface area (Å²) < 4.78 is 5.05. The Kier molecular flexibility index (Phi) is 4.34. The van der Waals surface area contributed by atoms with Crippen molar-refractivity contribution in [2.45, 2.75) is 38.5 Å². The first-order chi connectivity index (χ1) is 10.2. The Morgan fingerprint density at radius 3 is 3.19 bits per heavy atom. The number of nitrogens with zero attached hydrogens (tertiary/aromatic N) is 3. The highest BCUT2D eigenvalue weighted by Crippen LogP contribution is 2.25. The van der Waals surface area contributed by atoms with Gasteiger partial charge in [0.15, 0.2) is 5.82 Å². The van der Waals surface area contributed by atoms with Gasteiger partial charge in [0.25, 0.3) is 0 Å². The van der Waals surface area contributed by atoms with Crippen LogP contribution >= 0.6 is 11.3 Å². The van der Waals surface area contributed by atoms with Crippen molar-refractivity contribution in [2.75, 3.05) is 13.1 Å². The zero-order valence-corrected chi connectivity index (χ0v) is 12.9. The average molecular weight is 305 g/mol. The van der Waals surface area contributed by atoms with E-state index in [-0.39, 0.29) is 11.8 Å². The molecule has 21 heavy (non-hydrogen) atoms. The molecule has 3 heterocycles. The molecule has 0 N–H and O–H groups in total. The molecule has 1 aliphatic heterocycles. The van der Waals surface area contributed by atoms with Crippen LogP contribution in [0.4, 0.5) is 0 Å². The third-order valence-corrected chi connectivity index (χ3v) is 4.78. The number of hydrogen-bond acceptors (Lipinski definition) is 5. The van der Waals surface area contributed by atoms with Gasteiger partial charge in [-0.3, -0.25) is 4.79 Å². The Morgan fingerprint density at radius 2 is 2.48 bits per heavy atom. The lowest BCUT2D eigenvalue weighted by molar-refractivity contribution is -0.132. The Morgan fingerprint density at radius 1 is 1.57 bits per heavy atom. The maximum atomic E-state index is 12.3. The topological polar surface area (TPSA) is 59.2 Å². The zero-order chi connectivity index (χ0) is 14.7. The molecule has 5 nitrogen and oxygen atoms in total. The predicted molar refractivity (Wildman–Crippen MR) is 80.2 cm³/mol. The van der Waals surface area contributed by atoms with Gasteiger partial charge in [-0.15, -0.1) is 11.3 Å². The number of thiophene rings is 1. The molecule has 0 bridgehead atoms. The molecule has 1 aliphatic rings. The van der Waals surface area contributed by atoms with Gasteiger partial charge in [-0.2, -0.15) is 4.98 Å². The minimum Gasteiger partial charge on any atom is -0.342 e. The first-order valence-electron chi connectivity index (χ1n) is 7.33. The summed E-state index contributed by atoms with van der Waals surface area (Å²) in [6.45, 7) is 3.35. The largest absolute Gasteiger partial charge is 0.342 e. The van der Waals surface area contributed by atoms with E-state index in [0.29, 0.717) is 18.9 Å². The van der Waals surface area contributed by atoms with Gasteiger partial charge in [0.05, 0.1) is 0 Å². The van der Waals surface area contributed by atoms with Crippen LogP contribution in [0.1, 0.15) is 41.8 Å². The molecule has 1 atom stereocenters. The van der Waals surface area contributed by atoms with E-state index in [0.717, 1.165) is 31.6 Å². The van der Waals surface area contributed by atoms with Crippen molar-refractivity contribution in [2.24, 2.45) is 0 Å². The minimum absolute atomic E-state index is 0.210. The van der Waals surface area contributed by atoms with Crippen LogP contribution in [0.5, 0.6) is 0 Å². The molecule has 1 unspecified atom stereocenters. The fraction of sp³-hybridized carbons (Fsp3) is 0.533. The average Bonchev–Trinajstić information content (AvgIpc) is 3.16. The van der Waals surface area contributed by atoms with Crippen molar-refractivity contribution in [3.8, 4) is 0 Å². The van der Waals surface area contributed by atoms with Gasteiger partial charge >= 0.3 is 0 Å². The van der Waals surface area contributed by atoms with Gasteiger partial charge < -0.3 is 9.42 Å². The minimum atomic E-state index is 0.210. The van der Waals surface area contributed by atoms with Gasteiger partial charge in [0.2, 0.25) is 11.8 Å². The summed E-state index contributed by atoms with van der Waals surface area (Å²) in [4.78, 5) is 19.9. The summed E-state index contributed by atoms with van der Waals surface area (Å²) in [7, 11) is 0. The van der Waals surface area contributed by atoms with Crippen LogP contribution in [-0.2, 0) is 11.2 Å². The SMILES string of the molecule is Cc1nc(C2CCCN(C(=O)CCc3cccs3)C2)no1. The highest BCUT2D eigenvalue weighted by molar-refractivity contribution is 7.09. The number of rotatable bonds is 4. The van der Waals surface area contributed by atoms with Crippen molar-refractivity contribution in [3.63, 3.8) is 0 Å². The van der Waals surface area contributed by atoms with Gasteiger partial charge in [-0.05, 0) is 30.7 Å². The molecule has 1 saturated heterocycles. The van der Waals surface area contributed by atoms with E-state index < -0.39 is 0 Å². The summed E-state index contributed by atoms with van der Waals surface area (Å²) in [5.41, 5.74) is 0. The number of carbonyl (C=O) groups is 1. The number of piperidine rings is 1. The number of likely N-dealkylation sites (tertiary alicyclic amines) is 1. The fourth-order valence-corrected chi connectivity index (χ4v) is 3.45. The standard InChI is InChI=1S/C15H19N3O2S/c1-11-16-15(17-20-11)12-4-2-8-18(10-12)14(19)7-6-13-5-3-9-21-13/h3,5,9,12H,2,4,6-8,10H2,1H3. The van der Waals surface area contributed by atoms with Crippen molar-refractivity contribution < 1.29 is 9.32 Å². The lowest BCUT2D eigenvalue weighted by Gasteiger charge is -2.31. The van der Waals surface area contributed by atoms with Crippen LogP contribution in [0.15, 0.2) is 22.0 Å². The molecule has 2 aromatic rings. The third kappa shape index (κ3) is 3.50. The molecule has 1 fully saturated rings. The van der Waals surface area contributed by atoms with Crippen LogP contribution in [0, 0.1) is 6.92 Å². The first-order valence-corrected chi connectivity index (χ1v) is 8.20. The molecule has 3 rings (SSSR count). The molecule has 0 radical (unpaired) electrons. The molecule has 0 aromatic carbocycles. The van der Waals surface area contributed by atoms with E-state index in [2.05, 4.69) is 21.6 Å². The van der Waals surface area contributed by atoms with Gasteiger partial charge in [0.1, 0.15) is 0 Å². The van der Waals surface area contributed by atoms with Crippen molar-refractivity contribution in [3.05, 3.63) is 34.1 Å². The normalized spacial score (nSPS) is 18.9. The number of aromatic nitrogens is 2. The monoisotopic (exact) mass is 305 g/mol. The lowest BCUT2D eigenvalue weighted by atomic mass is 9.97. The summed E-state index contributed by atoms with van der Waals surface area (Å²) in [5.74, 6) is 1.77. The van der Waals surface area contributed by atoms with Crippen LogP contribution in [0.3, 0.4) is 0 Å². The van der Waals surface area contributed by atoms with E-state index in [1.165, 1.54) is 4.88 Å². The molecule has 0 aliphatic carbocycles. The maximum absolute atomic E-state index is 12.3. The van der Waals surface area contributed by atoms with Crippen LogP contribution in [-0.4, -0.2) is 34.0 Å². The first kappa shape index (κ1) is 14.3. The number of aryl methyl sites for hydroxylation is 2. The zero-order valence-electron chi connectivity index (χ0n) is 12.1. The van der Waals surface area contributed by atoms with Crippen LogP contribution < -0.4 is 0 Å². The fourth-order valence-electron chi connectivity index (χ4n) is 2.74.